The molecule has 2 aromatic rings. The zero-order chi connectivity index (χ0) is 23.2. The molecular formula is C18H25N5O8. The third-order valence-corrected chi connectivity index (χ3v) is 3.59. The van der Waals surface area contributed by atoms with Crippen LogP contribution >= 0.6 is 0 Å². The maximum absolute atomic E-state index is 10.8. The molecule has 0 saturated heterocycles. The van der Waals surface area contributed by atoms with Crippen LogP contribution in [0.3, 0.4) is 0 Å². The van der Waals surface area contributed by atoms with Crippen LogP contribution in [0, 0.1) is 20.2 Å². The molecule has 0 fully saturated rings. The van der Waals surface area contributed by atoms with Gasteiger partial charge in [0.1, 0.15) is 29.5 Å². The van der Waals surface area contributed by atoms with E-state index in [9.17, 15) is 20.2 Å². The highest BCUT2D eigenvalue weighted by atomic mass is 16.6. The summed E-state index contributed by atoms with van der Waals surface area (Å²) in [6, 6.07) is 8.26. The van der Waals surface area contributed by atoms with E-state index >= 15 is 0 Å². The predicted octanol–water partition coefficient (Wildman–Crippen LogP) is 1.04. The average molecular weight is 439 g/mol. The third-order valence-electron chi connectivity index (χ3n) is 3.59. The van der Waals surface area contributed by atoms with E-state index < -0.39 is 9.85 Å². The number of aromatic hydroxyl groups is 1. The number of anilines is 2. The van der Waals surface area contributed by atoms with Crippen LogP contribution < -0.4 is 21.1 Å². The minimum absolute atomic E-state index is 0.0751. The Labute approximate surface area is 177 Å². The standard InChI is InChI=1S/C10H15N3O4.C8H10N2O4/c11-3-4-12-9-2-1-8(17-6-5-14)7-10(9)13(15)16;11-4-3-9-7-2-1-6(12)5-8(7)10(13)14/h1-2,7,12,14H,3-6,11H2;1-2,5,9,11-12H,3-4H2. The van der Waals surface area contributed by atoms with E-state index in [1.54, 1.807) is 12.1 Å². The van der Waals surface area contributed by atoms with Crippen molar-refractivity contribution in [2.75, 3.05) is 50.1 Å². The molecule has 0 radical (unpaired) electrons. The van der Waals surface area contributed by atoms with Crippen molar-refractivity contribution >= 4 is 22.7 Å². The van der Waals surface area contributed by atoms with E-state index in [1.807, 2.05) is 0 Å². The average Bonchev–Trinajstić information content (AvgIpc) is 2.75. The van der Waals surface area contributed by atoms with Crippen molar-refractivity contribution < 1.29 is 29.9 Å². The van der Waals surface area contributed by atoms with E-state index in [0.29, 0.717) is 24.5 Å². The molecule has 2 rings (SSSR count). The minimum atomic E-state index is -0.598. The maximum atomic E-state index is 10.8. The number of nitro benzene ring substituents is 2. The Hall–Kier alpha value is -3.68. The first-order valence-corrected chi connectivity index (χ1v) is 9.12. The smallest absolute Gasteiger partial charge is 0.296 e. The molecule has 0 heterocycles. The number of ether oxygens (including phenoxy) is 1. The first kappa shape index (κ1) is 25.4. The van der Waals surface area contributed by atoms with E-state index in [0.717, 1.165) is 6.07 Å². The van der Waals surface area contributed by atoms with Crippen LogP contribution in [0.2, 0.25) is 0 Å². The van der Waals surface area contributed by atoms with Crippen molar-refractivity contribution in [2.45, 2.75) is 0 Å². The van der Waals surface area contributed by atoms with Gasteiger partial charge in [-0.3, -0.25) is 20.2 Å². The van der Waals surface area contributed by atoms with Crippen molar-refractivity contribution in [3.05, 3.63) is 56.6 Å². The number of hydrogen-bond acceptors (Lipinski definition) is 11. The highest BCUT2D eigenvalue weighted by molar-refractivity contribution is 5.64. The van der Waals surface area contributed by atoms with Gasteiger partial charge in [-0.2, -0.15) is 0 Å². The monoisotopic (exact) mass is 439 g/mol. The van der Waals surface area contributed by atoms with Gasteiger partial charge in [0.2, 0.25) is 0 Å². The molecule has 0 spiro atoms. The zero-order valence-electron chi connectivity index (χ0n) is 16.6. The molecule has 0 saturated carbocycles. The fourth-order valence-electron chi connectivity index (χ4n) is 2.28. The Kier molecular flexibility index (Phi) is 11.1. The minimum Gasteiger partial charge on any atom is -0.508 e. The summed E-state index contributed by atoms with van der Waals surface area (Å²) in [6.07, 6.45) is 0. The molecule has 2 aromatic carbocycles. The fraction of sp³-hybridized carbons (Fsp3) is 0.333. The van der Waals surface area contributed by atoms with Crippen molar-refractivity contribution in [1.82, 2.24) is 0 Å². The molecule has 0 aliphatic heterocycles. The molecule has 0 aromatic heterocycles. The second-order valence-corrected chi connectivity index (χ2v) is 5.83. The Morgan fingerprint density at radius 3 is 2.03 bits per heavy atom. The lowest BCUT2D eigenvalue weighted by atomic mass is 10.2. The number of aliphatic hydroxyl groups excluding tert-OH is 2. The van der Waals surface area contributed by atoms with E-state index in [-0.39, 0.29) is 49.2 Å². The van der Waals surface area contributed by atoms with Gasteiger partial charge < -0.3 is 36.4 Å². The second kappa shape index (κ2) is 13.5. The Bertz CT molecular complexity index is 865. The first-order chi connectivity index (χ1) is 14.8. The number of hydrogen-bond donors (Lipinski definition) is 6. The van der Waals surface area contributed by atoms with Gasteiger partial charge in [0.05, 0.1) is 35.2 Å². The summed E-state index contributed by atoms with van der Waals surface area (Å²) in [7, 11) is 0. The van der Waals surface area contributed by atoms with Gasteiger partial charge >= 0.3 is 0 Å². The van der Waals surface area contributed by atoms with Crippen LogP contribution in [0.4, 0.5) is 22.7 Å². The van der Waals surface area contributed by atoms with E-state index in [2.05, 4.69) is 10.6 Å². The van der Waals surface area contributed by atoms with Gasteiger partial charge in [-0.15, -0.1) is 0 Å². The van der Waals surface area contributed by atoms with Gasteiger partial charge in [-0.25, -0.2) is 0 Å². The lowest BCUT2D eigenvalue weighted by molar-refractivity contribution is -0.384. The summed E-state index contributed by atoms with van der Waals surface area (Å²) in [5, 5.41) is 53.0. The molecule has 0 bridgehead atoms. The summed E-state index contributed by atoms with van der Waals surface area (Å²) in [5.74, 6) is 0.190. The molecule has 170 valence electrons. The number of benzene rings is 2. The number of nitrogens with two attached hydrogens (primary N) is 1. The lowest BCUT2D eigenvalue weighted by Gasteiger charge is -2.08. The molecule has 7 N–H and O–H groups in total. The van der Waals surface area contributed by atoms with E-state index in [4.69, 9.17) is 25.8 Å². The SMILES string of the molecule is NCCNc1ccc(OCCO)cc1[N+](=O)[O-].O=[N+]([O-])c1cc(O)ccc1NCCO. The first-order valence-electron chi connectivity index (χ1n) is 9.12. The quantitative estimate of drug-likeness (QED) is 0.166. The highest BCUT2D eigenvalue weighted by Crippen LogP contribution is 2.29. The van der Waals surface area contributed by atoms with Gasteiger partial charge in [-0.1, -0.05) is 0 Å². The van der Waals surface area contributed by atoms with Crippen LogP contribution in [0.15, 0.2) is 36.4 Å². The van der Waals surface area contributed by atoms with E-state index in [1.165, 1.54) is 18.2 Å². The Balaban J connectivity index is 0.000000316. The lowest BCUT2D eigenvalue weighted by Crippen LogP contribution is -2.14. The molecule has 0 unspecified atom stereocenters. The predicted molar refractivity (Wildman–Crippen MR) is 114 cm³/mol. The van der Waals surface area contributed by atoms with Crippen molar-refractivity contribution in [3.63, 3.8) is 0 Å². The van der Waals surface area contributed by atoms with Crippen molar-refractivity contribution in [3.8, 4) is 11.5 Å². The molecule has 0 atom stereocenters. The molecule has 31 heavy (non-hydrogen) atoms. The summed E-state index contributed by atoms with van der Waals surface area (Å²) in [4.78, 5) is 20.3. The molecule has 0 aliphatic rings. The molecule has 0 aliphatic carbocycles. The Morgan fingerprint density at radius 1 is 0.903 bits per heavy atom. The fourth-order valence-corrected chi connectivity index (χ4v) is 2.28. The highest BCUT2D eigenvalue weighted by Gasteiger charge is 2.15. The van der Waals surface area contributed by atoms with Gasteiger partial charge in [0.25, 0.3) is 11.4 Å². The van der Waals surface area contributed by atoms with Crippen LogP contribution in [0.25, 0.3) is 0 Å². The summed E-state index contributed by atoms with van der Waals surface area (Å²) in [5.41, 5.74) is 5.71. The normalized spacial score (nSPS) is 9.90. The number of phenolic OH excluding ortho intramolecular Hbond substituents is 1. The molecule has 13 heteroatoms. The second-order valence-electron chi connectivity index (χ2n) is 5.83. The van der Waals surface area contributed by atoms with Crippen molar-refractivity contribution in [1.29, 1.82) is 0 Å². The number of rotatable bonds is 11. The number of nitrogens with one attached hydrogen (secondary N) is 2. The summed E-state index contributed by atoms with van der Waals surface area (Å²) < 4.78 is 5.10. The van der Waals surface area contributed by atoms with Gasteiger partial charge in [0.15, 0.2) is 0 Å². The topological polar surface area (TPSA) is 206 Å². The molecule has 0 amide bonds. The number of nitrogens with zero attached hydrogens (tertiary/aromatic N) is 2. The Morgan fingerprint density at radius 2 is 1.48 bits per heavy atom. The molecule has 13 nitrogen and oxygen atoms in total. The number of nitro groups is 2. The third kappa shape index (κ3) is 8.69. The number of phenols is 1. The van der Waals surface area contributed by atoms with Crippen LogP contribution in [0.5, 0.6) is 11.5 Å². The maximum Gasteiger partial charge on any atom is 0.296 e. The summed E-state index contributed by atoms with van der Waals surface area (Å²) in [6.45, 7) is 0.926. The van der Waals surface area contributed by atoms with Crippen LogP contribution in [-0.2, 0) is 0 Å². The largest absolute Gasteiger partial charge is 0.508 e. The summed E-state index contributed by atoms with van der Waals surface area (Å²) >= 11 is 0. The van der Waals surface area contributed by atoms with Crippen LogP contribution in [0.1, 0.15) is 0 Å². The molecular weight excluding hydrogens is 414 g/mol. The van der Waals surface area contributed by atoms with Gasteiger partial charge in [-0.05, 0) is 24.3 Å². The van der Waals surface area contributed by atoms with Crippen LogP contribution in [-0.4, -0.2) is 64.6 Å². The number of aliphatic hydroxyl groups is 2. The van der Waals surface area contributed by atoms with Crippen molar-refractivity contribution in [2.24, 2.45) is 5.73 Å². The zero-order valence-corrected chi connectivity index (χ0v) is 16.6. The van der Waals surface area contributed by atoms with Gasteiger partial charge in [0, 0.05) is 19.6 Å².